The second-order valence-corrected chi connectivity index (χ2v) is 22.1. The van der Waals surface area contributed by atoms with Crippen LogP contribution in [0.5, 0.6) is 0 Å². The number of hydrogen-bond acceptors (Lipinski definition) is 7. The van der Waals surface area contributed by atoms with Crippen LogP contribution in [0, 0.1) is 45.8 Å². The standard InChI is InChI=1S/C42H65NO7S/c1-8-9-15-33(45)37(47)29(22-28-16-17-28)23-34(46)36-35-32(40(35,5)6)26-43(36)38(48)31(41(7)18-13-14-19-41)24-30(44)25-42(20-11-10-12-21-42)27-51(49,50)39(2,3)4/h8,28-29,31-32,35-36H,1,9-27H2,2-7H3/t29?,31-,32?,35+,36-/m1/s1. The molecule has 286 valence electrons. The van der Waals surface area contributed by atoms with Crippen molar-refractivity contribution in [1.82, 2.24) is 4.90 Å². The fourth-order valence-corrected chi connectivity index (χ4v) is 11.9. The number of sulfone groups is 1. The maximum absolute atomic E-state index is 14.9. The molecule has 2 unspecified atom stereocenters. The number of carbonyl (C=O) groups is 5. The van der Waals surface area contributed by atoms with Crippen LogP contribution in [0.1, 0.15) is 151 Å². The predicted molar refractivity (Wildman–Crippen MR) is 200 cm³/mol. The number of allylic oxidation sites excluding steroid dienone is 1. The van der Waals surface area contributed by atoms with E-state index in [0.717, 1.165) is 57.8 Å². The summed E-state index contributed by atoms with van der Waals surface area (Å²) in [6.07, 6.45) is 12.7. The summed E-state index contributed by atoms with van der Waals surface area (Å²) < 4.78 is 26.0. The number of piperidine rings is 1. The highest BCUT2D eigenvalue weighted by Crippen LogP contribution is 2.65. The fourth-order valence-electron chi connectivity index (χ4n) is 10.2. The highest BCUT2D eigenvalue weighted by atomic mass is 32.2. The summed E-state index contributed by atoms with van der Waals surface area (Å²) in [5, 5.41) is 0. The molecule has 0 radical (unpaired) electrons. The smallest absolute Gasteiger partial charge is 0.227 e. The molecule has 9 heteroatoms. The molecule has 5 aliphatic rings. The van der Waals surface area contributed by atoms with E-state index < -0.39 is 49.4 Å². The van der Waals surface area contributed by atoms with Gasteiger partial charge in [-0.1, -0.05) is 71.8 Å². The number of amides is 1. The van der Waals surface area contributed by atoms with Crippen LogP contribution in [0.4, 0.5) is 0 Å². The molecular formula is C42H65NO7S. The van der Waals surface area contributed by atoms with Gasteiger partial charge in [0.25, 0.3) is 0 Å². The van der Waals surface area contributed by atoms with Crippen molar-refractivity contribution in [3.8, 4) is 0 Å². The van der Waals surface area contributed by atoms with Crippen molar-refractivity contribution in [1.29, 1.82) is 0 Å². The number of rotatable bonds is 18. The van der Waals surface area contributed by atoms with E-state index in [1.807, 2.05) is 0 Å². The molecule has 4 aliphatic carbocycles. The van der Waals surface area contributed by atoms with E-state index in [-0.39, 0.29) is 71.6 Å². The van der Waals surface area contributed by atoms with Gasteiger partial charge in [0.2, 0.25) is 11.7 Å². The Morgan fingerprint density at radius 2 is 1.51 bits per heavy atom. The van der Waals surface area contributed by atoms with Gasteiger partial charge in [-0.15, -0.1) is 6.58 Å². The number of Topliss-reactive ketones (excluding diaryl/α,β-unsaturated/α-hetero) is 4. The molecule has 1 saturated heterocycles. The summed E-state index contributed by atoms with van der Waals surface area (Å²) >= 11 is 0. The van der Waals surface area contributed by atoms with Crippen LogP contribution in [-0.4, -0.2) is 65.4 Å². The van der Waals surface area contributed by atoms with Gasteiger partial charge in [0, 0.05) is 38.1 Å². The molecule has 5 fully saturated rings. The van der Waals surface area contributed by atoms with Gasteiger partial charge in [-0.25, -0.2) is 8.42 Å². The van der Waals surface area contributed by atoms with Gasteiger partial charge in [-0.05, 0) is 93.3 Å². The normalized spacial score (nSPS) is 27.6. The van der Waals surface area contributed by atoms with Gasteiger partial charge in [0.15, 0.2) is 21.4 Å². The van der Waals surface area contributed by atoms with E-state index in [1.54, 1.807) is 31.7 Å². The van der Waals surface area contributed by atoms with E-state index in [9.17, 15) is 32.4 Å². The first-order valence-corrected chi connectivity index (χ1v) is 21.7. The Hall–Kier alpha value is -2.16. The molecule has 1 aliphatic heterocycles. The molecule has 0 aromatic rings. The van der Waals surface area contributed by atoms with E-state index in [2.05, 4.69) is 27.4 Å². The van der Waals surface area contributed by atoms with Gasteiger partial charge in [0.05, 0.1) is 22.5 Å². The van der Waals surface area contributed by atoms with Crippen molar-refractivity contribution in [2.24, 2.45) is 45.8 Å². The molecule has 8 nitrogen and oxygen atoms in total. The number of ketones is 4. The molecule has 0 aromatic heterocycles. The van der Waals surface area contributed by atoms with Crippen molar-refractivity contribution in [2.75, 3.05) is 12.3 Å². The van der Waals surface area contributed by atoms with Crippen molar-refractivity contribution < 1.29 is 32.4 Å². The van der Waals surface area contributed by atoms with Gasteiger partial charge >= 0.3 is 0 Å². The lowest BCUT2D eigenvalue weighted by Gasteiger charge is -2.41. The van der Waals surface area contributed by atoms with Crippen molar-refractivity contribution in [2.45, 2.75) is 161 Å². The lowest BCUT2D eigenvalue weighted by atomic mass is 9.68. The maximum atomic E-state index is 14.9. The zero-order chi connectivity index (χ0) is 37.6. The van der Waals surface area contributed by atoms with Crippen LogP contribution < -0.4 is 0 Å². The third-order valence-electron chi connectivity index (χ3n) is 14.0. The van der Waals surface area contributed by atoms with Crippen LogP contribution in [0.2, 0.25) is 0 Å². The molecule has 1 amide bonds. The molecule has 0 bridgehead atoms. The Labute approximate surface area is 307 Å². The van der Waals surface area contributed by atoms with Gasteiger partial charge < -0.3 is 4.90 Å². The van der Waals surface area contributed by atoms with Crippen LogP contribution in [0.3, 0.4) is 0 Å². The molecular weight excluding hydrogens is 663 g/mol. The number of likely N-dealkylation sites (tertiary alicyclic amines) is 1. The first kappa shape index (κ1) is 40.0. The fraction of sp³-hybridized carbons (Fsp3) is 0.833. The third kappa shape index (κ3) is 8.64. The van der Waals surface area contributed by atoms with Crippen molar-refractivity contribution in [3.63, 3.8) is 0 Å². The average molecular weight is 728 g/mol. The summed E-state index contributed by atoms with van der Waals surface area (Å²) in [4.78, 5) is 71.5. The maximum Gasteiger partial charge on any atom is 0.227 e. The van der Waals surface area contributed by atoms with Crippen LogP contribution in [0.25, 0.3) is 0 Å². The molecule has 51 heavy (non-hydrogen) atoms. The van der Waals surface area contributed by atoms with Crippen molar-refractivity contribution in [3.05, 3.63) is 12.7 Å². The molecule has 0 aromatic carbocycles. The van der Waals surface area contributed by atoms with Gasteiger partial charge in [-0.2, -0.15) is 0 Å². The summed E-state index contributed by atoms with van der Waals surface area (Å²) in [5.41, 5.74) is -1.11. The second-order valence-electron chi connectivity index (χ2n) is 19.3. The third-order valence-corrected chi connectivity index (χ3v) is 16.9. The van der Waals surface area contributed by atoms with E-state index in [1.165, 1.54) is 0 Å². The SMILES string of the molecule is C=CCCC(=O)C(=O)C(CC(=O)[C@@H]1[C@@H]2C(CN1C(=O)[C@@H](CC(=O)CC1(CS(=O)(=O)C(C)(C)C)CCCCC1)C1(C)CCCC1)C2(C)C)CC1CC1. The molecule has 1 heterocycles. The van der Waals surface area contributed by atoms with Gasteiger partial charge in [-0.3, -0.25) is 24.0 Å². The first-order valence-electron chi connectivity index (χ1n) is 20.0. The first-order chi connectivity index (χ1) is 23.8. The lowest BCUT2D eigenvalue weighted by molar-refractivity contribution is -0.149. The monoisotopic (exact) mass is 727 g/mol. The summed E-state index contributed by atoms with van der Waals surface area (Å²) in [6.45, 7) is 15.7. The van der Waals surface area contributed by atoms with Crippen LogP contribution in [0.15, 0.2) is 12.7 Å². The zero-order valence-electron chi connectivity index (χ0n) is 32.4. The number of nitrogens with zero attached hydrogens (tertiary/aromatic N) is 1. The number of hydrogen-bond donors (Lipinski definition) is 0. The van der Waals surface area contributed by atoms with Gasteiger partial charge in [0.1, 0.15) is 5.78 Å². The quantitative estimate of drug-likeness (QED) is 0.105. The Morgan fingerprint density at radius 1 is 0.902 bits per heavy atom. The minimum atomic E-state index is -3.46. The zero-order valence-corrected chi connectivity index (χ0v) is 33.2. The molecule has 5 atom stereocenters. The topological polar surface area (TPSA) is 123 Å². The number of carbonyl (C=O) groups excluding carboxylic acids is 5. The van der Waals surface area contributed by atoms with E-state index >= 15 is 0 Å². The minimum Gasteiger partial charge on any atom is -0.332 e. The summed E-state index contributed by atoms with van der Waals surface area (Å²) in [5.74, 6) is -1.99. The Morgan fingerprint density at radius 3 is 2.08 bits per heavy atom. The van der Waals surface area contributed by atoms with Crippen molar-refractivity contribution >= 4 is 38.9 Å². The highest BCUT2D eigenvalue weighted by molar-refractivity contribution is 7.92. The molecule has 0 spiro atoms. The largest absolute Gasteiger partial charge is 0.332 e. The average Bonchev–Trinajstić information content (AvgIpc) is 3.80. The summed E-state index contributed by atoms with van der Waals surface area (Å²) in [7, 11) is -3.46. The molecule has 5 rings (SSSR count). The minimum absolute atomic E-state index is 0.0108. The highest BCUT2D eigenvalue weighted by Gasteiger charge is 2.69. The Bertz CT molecular complexity index is 1490. The van der Waals surface area contributed by atoms with E-state index in [4.69, 9.17) is 0 Å². The molecule has 0 N–H and O–H groups in total. The predicted octanol–water partition coefficient (Wildman–Crippen LogP) is 7.66. The lowest BCUT2D eigenvalue weighted by Crippen LogP contribution is -2.51. The number of fused-ring (bicyclic) bond motifs is 1. The Kier molecular flexibility index (Phi) is 11.7. The van der Waals surface area contributed by atoms with Crippen LogP contribution in [-0.2, 0) is 33.8 Å². The summed E-state index contributed by atoms with van der Waals surface area (Å²) in [6, 6.07) is -0.667. The van der Waals surface area contributed by atoms with E-state index in [0.29, 0.717) is 38.1 Å². The molecule has 4 saturated carbocycles. The Balaban J connectivity index is 1.38. The van der Waals surface area contributed by atoms with Crippen LogP contribution >= 0.6 is 0 Å². The second kappa shape index (κ2) is 14.9.